The molecule has 1 atom stereocenters. The van der Waals surface area contributed by atoms with Crippen LogP contribution in [0.3, 0.4) is 0 Å². The van der Waals surface area contributed by atoms with Crippen molar-refractivity contribution in [2.45, 2.75) is 46.1 Å². The molecule has 0 amide bonds. The summed E-state index contributed by atoms with van der Waals surface area (Å²) in [6.45, 7) is 6.68. The van der Waals surface area contributed by atoms with Crippen LogP contribution in [0.4, 0.5) is 5.69 Å². The van der Waals surface area contributed by atoms with Crippen LogP contribution in [0, 0.1) is 12.3 Å². The van der Waals surface area contributed by atoms with Crippen molar-refractivity contribution in [3.8, 4) is 5.75 Å². The molecule has 0 radical (unpaired) electrons. The van der Waals surface area contributed by atoms with Crippen molar-refractivity contribution < 1.29 is 4.74 Å². The first-order chi connectivity index (χ1) is 8.41. The van der Waals surface area contributed by atoms with Crippen LogP contribution in [0.25, 0.3) is 0 Å². The lowest BCUT2D eigenvalue weighted by Gasteiger charge is -2.20. The third-order valence-corrected chi connectivity index (χ3v) is 4.22. The van der Waals surface area contributed by atoms with Gasteiger partial charge in [0.25, 0.3) is 0 Å². The Morgan fingerprint density at radius 1 is 1.39 bits per heavy atom. The van der Waals surface area contributed by atoms with Crippen molar-refractivity contribution in [1.82, 2.24) is 0 Å². The van der Waals surface area contributed by atoms with Crippen molar-refractivity contribution >= 4 is 17.3 Å². The average molecular weight is 268 g/mol. The second kappa shape index (κ2) is 5.00. The van der Waals surface area contributed by atoms with Crippen molar-refractivity contribution in [3.05, 3.63) is 22.7 Å². The van der Waals surface area contributed by atoms with E-state index in [2.05, 4.69) is 25.2 Å². The van der Waals surface area contributed by atoms with Crippen LogP contribution in [0.1, 0.15) is 38.7 Å². The molecule has 1 aliphatic carbocycles. The number of anilines is 1. The maximum absolute atomic E-state index is 6.12. The summed E-state index contributed by atoms with van der Waals surface area (Å²) < 4.78 is 5.40. The van der Waals surface area contributed by atoms with Gasteiger partial charge >= 0.3 is 0 Å². The van der Waals surface area contributed by atoms with E-state index < -0.39 is 0 Å². The minimum Gasteiger partial charge on any atom is -0.495 e. The Hall–Kier alpha value is -0.890. The highest BCUT2D eigenvalue weighted by molar-refractivity contribution is 6.31. The van der Waals surface area contributed by atoms with Gasteiger partial charge in [0.05, 0.1) is 12.8 Å². The first-order valence-corrected chi connectivity index (χ1v) is 6.90. The molecule has 2 nitrogen and oxygen atoms in total. The molecular formula is C15H22ClNO. The monoisotopic (exact) mass is 267 g/mol. The van der Waals surface area contributed by atoms with Crippen LogP contribution in [-0.4, -0.2) is 13.2 Å². The number of hydrogen-bond donors (Lipinski definition) is 1. The van der Waals surface area contributed by atoms with E-state index in [1.807, 2.05) is 13.0 Å². The maximum atomic E-state index is 6.12. The third kappa shape index (κ3) is 2.92. The molecule has 0 heterocycles. The quantitative estimate of drug-likeness (QED) is 0.861. The minimum absolute atomic E-state index is 0.451. The number of halogens is 1. The molecule has 0 saturated heterocycles. The fourth-order valence-electron chi connectivity index (χ4n) is 2.72. The van der Waals surface area contributed by atoms with E-state index in [0.717, 1.165) is 22.0 Å². The lowest BCUT2D eigenvalue weighted by atomic mass is 9.92. The van der Waals surface area contributed by atoms with Crippen LogP contribution in [0.5, 0.6) is 5.75 Å². The average Bonchev–Trinajstić information content (AvgIpc) is 2.63. The van der Waals surface area contributed by atoms with Crippen LogP contribution >= 0.6 is 11.6 Å². The number of methoxy groups -OCH3 is 1. The summed E-state index contributed by atoms with van der Waals surface area (Å²) in [4.78, 5) is 0. The predicted molar refractivity (Wildman–Crippen MR) is 77.8 cm³/mol. The SMILES string of the molecule is COc1cc(Cl)c(C)cc1NC1CCC(C)(C)C1. The van der Waals surface area contributed by atoms with Gasteiger partial charge in [-0.15, -0.1) is 0 Å². The summed E-state index contributed by atoms with van der Waals surface area (Å²) in [6.07, 6.45) is 3.70. The Morgan fingerprint density at radius 3 is 2.67 bits per heavy atom. The summed E-state index contributed by atoms with van der Waals surface area (Å²) in [7, 11) is 1.69. The molecule has 1 saturated carbocycles. The highest BCUT2D eigenvalue weighted by atomic mass is 35.5. The zero-order valence-corrected chi connectivity index (χ0v) is 12.4. The van der Waals surface area contributed by atoms with Gasteiger partial charge in [0.2, 0.25) is 0 Å². The number of aryl methyl sites for hydroxylation is 1. The molecule has 0 bridgehead atoms. The number of rotatable bonds is 3. The van der Waals surface area contributed by atoms with E-state index in [1.165, 1.54) is 19.3 Å². The van der Waals surface area contributed by atoms with E-state index in [0.29, 0.717) is 11.5 Å². The molecule has 1 aromatic carbocycles. The van der Waals surface area contributed by atoms with Gasteiger partial charge in [-0.25, -0.2) is 0 Å². The Bertz CT molecular complexity index is 442. The standard InChI is InChI=1S/C15H22ClNO/c1-10-7-13(14(18-4)8-12(10)16)17-11-5-6-15(2,3)9-11/h7-8,11,17H,5-6,9H2,1-4H3. The molecule has 1 fully saturated rings. The Balaban J connectivity index is 2.16. The molecule has 18 heavy (non-hydrogen) atoms. The normalized spacial score (nSPS) is 21.9. The third-order valence-electron chi connectivity index (χ3n) is 3.81. The van der Waals surface area contributed by atoms with Gasteiger partial charge in [-0.3, -0.25) is 0 Å². The summed E-state index contributed by atoms with van der Waals surface area (Å²) in [6, 6.07) is 4.50. The molecule has 3 heteroatoms. The number of nitrogens with one attached hydrogen (secondary N) is 1. The number of hydrogen-bond acceptors (Lipinski definition) is 2. The minimum atomic E-state index is 0.451. The Labute approximate surface area is 115 Å². The smallest absolute Gasteiger partial charge is 0.143 e. The number of ether oxygens (including phenoxy) is 1. The molecule has 1 aliphatic rings. The van der Waals surface area contributed by atoms with Gasteiger partial charge in [0.1, 0.15) is 5.75 Å². The molecule has 100 valence electrons. The van der Waals surface area contributed by atoms with Crippen molar-refractivity contribution in [2.24, 2.45) is 5.41 Å². The largest absolute Gasteiger partial charge is 0.495 e. The van der Waals surface area contributed by atoms with Gasteiger partial charge in [-0.1, -0.05) is 25.4 Å². The molecule has 1 aromatic rings. The molecule has 2 rings (SSSR count). The fraction of sp³-hybridized carbons (Fsp3) is 0.600. The second-order valence-corrected chi connectivity index (χ2v) is 6.46. The van der Waals surface area contributed by atoms with E-state index in [4.69, 9.17) is 16.3 Å². The number of benzene rings is 1. The summed E-state index contributed by atoms with van der Waals surface area (Å²) >= 11 is 6.12. The zero-order chi connectivity index (χ0) is 13.3. The Morgan fingerprint density at radius 2 is 2.11 bits per heavy atom. The second-order valence-electron chi connectivity index (χ2n) is 6.05. The summed E-state index contributed by atoms with van der Waals surface area (Å²) in [5, 5.41) is 4.35. The van der Waals surface area contributed by atoms with Gasteiger partial charge < -0.3 is 10.1 Å². The summed E-state index contributed by atoms with van der Waals surface area (Å²) in [5.74, 6) is 0.829. The maximum Gasteiger partial charge on any atom is 0.143 e. The molecule has 1 unspecified atom stereocenters. The van der Waals surface area contributed by atoms with Gasteiger partial charge in [0, 0.05) is 17.1 Å². The first-order valence-electron chi connectivity index (χ1n) is 6.52. The van der Waals surface area contributed by atoms with E-state index in [9.17, 15) is 0 Å². The predicted octanol–water partition coefficient (Wildman–Crippen LogP) is 4.65. The molecule has 0 spiro atoms. The molecule has 0 aliphatic heterocycles. The highest BCUT2D eigenvalue weighted by Gasteiger charge is 2.31. The first kappa shape index (κ1) is 13.5. The fourth-order valence-corrected chi connectivity index (χ4v) is 2.88. The van der Waals surface area contributed by atoms with Crippen molar-refractivity contribution in [1.29, 1.82) is 0 Å². The van der Waals surface area contributed by atoms with Crippen LogP contribution in [-0.2, 0) is 0 Å². The van der Waals surface area contributed by atoms with E-state index in [-0.39, 0.29) is 0 Å². The van der Waals surface area contributed by atoms with Gasteiger partial charge in [0.15, 0.2) is 0 Å². The Kier molecular flexibility index (Phi) is 3.76. The van der Waals surface area contributed by atoms with Gasteiger partial charge in [-0.05, 0) is 43.2 Å². The van der Waals surface area contributed by atoms with Crippen LogP contribution in [0.15, 0.2) is 12.1 Å². The van der Waals surface area contributed by atoms with Crippen LogP contribution < -0.4 is 10.1 Å². The molecule has 0 aromatic heterocycles. The lowest BCUT2D eigenvalue weighted by molar-refractivity contribution is 0.378. The topological polar surface area (TPSA) is 21.3 Å². The highest BCUT2D eigenvalue weighted by Crippen LogP contribution is 2.40. The zero-order valence-electron chi connectivity index (χ0n) is 11.6. The summed E-state index contributed by atoms with van der Waals surface area (Å²) in [5.41, 5.74) is 2.59. The molecule has 1 N–H and O–H groups in total. The molecular weight excluding hydrogens is 246 g/mol. The lowest BCUT2D eigenvalue weighted by Crippen LogP contribution is -2.18. The van der Waals surface area contributed by atoms with Crippen molar-refractivity contribution in [2.75, 3.05) is 12.4 Å². The van der Waals surface area contributed by atoms with Gasteiger partial charge in [-0.2, -0.15) is 0 Å². The van der Waals surface area contributed by atoms with Crippen LogP contribution in [0.2, 0.25) is 5.02 Å². The van der Waals surface area contributed by atoms with Crippen molar-refractivity contribution in [3.63, 3.8) is 0 Å². The van der Waals surface area contributed by atoms with E-state index in [1.54, 1.807) is 7.11 Å². The van der Waals surface area contributed by atoms with E-state index >= 15 is 0 Å².